The van der Waals surface area contributed by atoms with E-state index in [1.54, 1.807) is 0 Å². The Labute approximate surface area is 123 Å². The Hall–Kier alpha value is -1.49. The maximum Gasteiger partial charge on any atom is 0.316 e. The molecule has 1 N–H and O–H groups in total. The molecule has 1 aromatic rings. The van der Waals surface area contributed by atoms with Crippen molar-refractivity contribution >= 4 is 23.6 Å². The summed E-state index contributed by atoms with van der Waals surface area (Å²) < 4.78 is 4.94. The van der Waals surface area contributed by atoms with Gasteiger partial charge in [0.25, 0.3) is 5.91 Å². The summed E-state index contributed by atoms with van der Waals surface area (Å²) in [5.41, 5.74) is 2.43. The number of carbonyl (C=O) groups excluding carboxylic acids is 2. The molecule has 2 rings (SSSR count). The van der Waals surface area contributed by atoms with Crippen molar-refractivity contribution in [1.29, 1.82) is 0 Å². The second kappa shape index (κ2) is 6.79. The van der Waals surface area contributed by atoms with Gasteiger partial charge in [-0.3, -0.25) is 9.59 Å². The molecule has 0 saturated heterocycles. The normalized spacial score (nSPS) is 13.9. The largest absolute Gasteiger partial charge is 0.455 e. The molecule has 108 valence electrons. The van der Waals surface area contributed by atoms with E-state index in [2.05, 4.69) is 12.2 Å². The molecule has 0 aromatic heterocycles. The minimum absolute atomic E-state index is 0.178. The van der Waals surface area contributed by atoms with E-state index in [9.17, 15) is 9.59 Å². The van der Waals surface area contributed by atoms with Crippen LogP contribution in [0.1, 0.15) is 24.0 Å². The standard InChI is InChI=1S/C15H19NO3S/c1-10-3-6-13(7-11(10)2)20-9-15(18)19-8-14(17)16-12-4-5-12/h3,6-7,12H,4-5,8-9H2,1-2H3,(H,16,17). The number of rotatable bonds is 6. The van der Waals surface area contributed by atoms with E-state index in [0.29, 0.717) is 6.04 Å². The van der Waals surface area contributed by atoms with Crippen molar-refractivity contribution in [2.24, 2.45) is 0 Å². The van der Waals surface area contributed by atoms with Gasteiger partial charge >= 0.3 is 5.97 Å². The minimum Gasteiger partial charge on any atom is -0.455 e. The third-order valence-electron chi connectivity index (χ3n) is 3.14. The number of benzene rings is 1. The van der Waals surface area contributed by atoms with Gasteiger partial charge in [-0.15, -0.1) is 11.8 Å². The van der Waals surface area contributed by atoms with Crippen LogP contribution >= 0.6 is 11.8 Å². The van der Waals surface area contributed by atoms with Crippen molar-refractivity contribution in [1.82, 2.24) is 5.32 Å². The number of nitrogens with one attached hydrogen (secondary N) is 1. The minimum atomic E-state index is -0.362. The fourth-order valence-electron chi connectivity index (χ4n) is 1.63. The molecule has 0 unspecified atom stereocenters. The number of amides is 1. The highest BCUT2D eigenvalue weighted by atomic mass is 32.2. The van der Waals surface area contributed by atoms with E-state index in [-0.39, 0.29) is 24.2 Å². The average Bonchev–Trinajstić information content (AvgIpc) is 3.21. The Morgan fingerprint density at radius 2 is 2.05 bits per heavy atom. The molecule has 1 aromatic carbocycles. The maximum atomic E-state index is 11.6. The van der Waals surface area contributed by atoms with Crippen LogP contribution in [0.2, 0.25) is 0 Å². The number of thioether (sulfide) groups is 1. The number of ether oxygens (including phenoxy) is 1. The summed E-state index contributed by atoms with van der Waals surface area (Å²) in [6, 6.07) is 6.37. The highest BCUT2D eigenvalue weighted by Crippen LogP contribution is 2.21. The Bertz CT molecular complexity index is 512. The second-order valence-electron chi connectivity index (χ2n) is 5.04. The molecule has 1 fully saturated rings. The van der Waals surface area contributed by atoms with Crippen molar-refractivity contribution in [3.8, 4) is 0 Å². The fourth-order valence-corrected chi connectivity index (χ4v) is 2.42. The Kier molecular flexibility index (Phi) is 5.06. The van der Waals surface area contributed by atoms with Crippen molar-refractivity contribution in [2.75, 3.05) is 12.4 Å². The lowest BCUT2D eigenvalue weighted by atomic mass is 10.1. The molecule has 1 amide bonds. The highest BCUT2D eigenvalue weighted by molar-refractivity contribution is 8.00. The van der Waals surface area contributed by atoms with Crippen molar-refractivity contribution in [3.05, 3.63) is 29.3 Å². The molecular weight excluding hydrogens is 274 g/mol. The van der Waals surface area contributed by atoms with Gasteiger partial charge in [0.05, 0.1) is 5.75 Å². The van der Waals surface area contributed by atoms with Gasteiger partial charge in [0.2, 0.25) is 0 Å². The van der Waals surface area contributed by atoms with Gasteiger partial charge in [-0.2, -0.15) is 0 Å². The van der Waals surface area contributed by atoms with Crippen LogP contribution in [-0.4, -0.2) is 30.3 Å². The number of esters is 1. The van der Waals surface area contributed by atoms with Crippen molar-refractivity contribution in [3.63, 3.8) is 0 Å². The summed E-state index contributed by atoms with van der Waals surface area (Å²) in [6.45, 7) is 3.92. The fraction of sp³-hybridized carbons (Fsp3) is 0.467. The predicted octanol–water partition coefficient (Wildman–Crippen LogP) is 2.22. The number of hydrogen-bond acceptors (Lipinski definition) is 4. The molecule has 0 radical (unpaired) electrons. The first-order chi connectivity index (χ1) is 9.54. The Morgan fingerprint density at radius 1 is 1.30 bits per heavy atom. The van der Waals surface area contributed by atoms with Gasteiger partial charge in [-0.05, 0) is 49.9 Å². The van der Waals surface area contributed by atoms with Gasteiger partial charge in [0.1, 0.15) is 0 Å². The first-order valence-electron chi connectivity index (χ1n) is 6.69. The molecule has 0 spiro atoms. The number of hydrogen-bond donors (Lipinski definition) is 1. The summed E-state index contributed by atoms with van der Waals surface area (Å²) in [5.74, 6) is -0.352. The van der Waals surface area contributed by atoms with Crippen LogP contribution in [0.4, 0.5) is 0 Å². The summed E-state index contributed by atoms with van der Waals surface area (Å²) in [6.07, 6.45) is 2.06. The van der Waals surface area contributed by atoms with Crippen molar-refractivity contribution < 1.29 is 14.3 Å². The molecule has 0 bridgehead atoms. The molecular formula is C15H19NO3S. The van der Waals surface area contributed by atoms with E-state index >= 15 is 0 Å². The van der Waals surface area contributed by atoms with E-state index in [4.69, 9.17) is 4.74 Å². The van der Waals surface area contributed by atoms with Crippen LogP contribution in [0.15, 0.2) is 23.1 Å². The lowest BCUT2D eigenvalue weighted by Crippen LogP contribution is -2.30. The Balaban J connectivity index is 1.68. The maximum absolute atomic E-state index is 11.6. The van der Waals surface area contributed by atoms with Crippen LogP contribution in [0.25, 0.3) is 0 Å². The van der Waals surface area contributed by atoms with E-state index in [0.717, 1.165) is 17.7 Å². The molecule has 0 aliphatic heterocycles. The van der Waals surface area contributed by atoms with Gasteiger partial charge < -0.3 is 10.1 Å². The van der Waals surface area contributed by atoms with E-state index < -0.39 is 0 Å². The first-order valence-corrected chi connectivity index (χ1v) is 7.68. The zero-order valence-corrected chi connectivity index (χ0v) is 12.6. The first kappa shape index (κ1) is 14.9. The van der Waals surface area contributed by atoms with Crippen LogP contribution < -0.4 is 5.32 Å². The van der Waals surface area contributed by atoms with Crippen LogP contribution in [0, 0.1) is 13.8 Å². The lowest BCUT2D eigenvalue weighted by molar-refractivity contribution is -0.145. The number of aryl methyl sites for hydroxylation is 2. The monoisotopic (exact) mass is 293 g/mol. The van der Waals surface area contributed by atoms with Crippen LogP contribution in [0.3, 0.4) is 0 Å². The highest BCUT2D eigenvalue weighted by Gasteiger charge is 2.23. The smallest absolute Gasteiger partial charge is 0.316 e. The topological polar surface area (TPSA) is 55.4 Å². The van der Waals surface area contributed by atoms with Gasteiger partial charge in [0, 0.05) is 10.9 Å². The molecule has 5 heteroatoms. The Morgan fingerprint density at radius 3 is 2.70 bits per heavy atom. The van der Waals surface area contributed by atoms with Gasteiger partial charge in [-0.1, -0.05) is 6.07 Å². The third kappa shape index (κ3) is 4.89. The van der Waals surface area contributed by atoms with E-state index in [1.165, 1.54) is 22.9 Å². The summed E-state index contributed by atoms with van der Waals surface area (Å²) >= 11 is 1.42. The molecule has 1 aliphatic rings. The SMILES string of the molecule is Cc1ccc(SCC(=O)OCC(=O)NC2CC2)cc1C. The van der Waals surface area contributed by atoms with Gasteiger partial charge in [0.15, 0.2) is 6.61 Å². The molecule has 0 heterocycles. The molecule has 0 atom stereocenters. The average molecular weight is 293 g/mol. The second-order valence-corrected chi connectivity index (χ2v) is 6.09. The molecule has 4 nitrogen and oxygen atoms in total. The third-order valence-corrected chi connectivity index (χ3v) is 4.11. The summed E-state index contributed by atoms with van der Waals surface area (Å²) in [4.78, 5) is 23.9. The lowest BCUT2D eigenvalue weighted by Gasteiger charge is -2.06. The van der Waals surface area contributed by atoms with Crippen LogP contribution in [-0.2, 0) is 14.3 Å². The van der Waals surface area contributed by atoms with Gasteiger partial charge in [-0.25, -0.2) is 0 Å². The summed E-state index contributed by atoms with van der Waals surface area (Å²) in [5, 5.41) is 2.77. The predicted molar refractivity (Wildman–Crippen MR) is 78.8 cm³/mol. The number of carbonyl (C=O) groups is 2. The molecule has 1 saturated carbocycles. The summed E-state index contributed by atoms with van der Waals surface area (Å²) in [7, 11) is 0. The van der Waals surface area contributed by atoms with E-state index in [1.807, 2.05) is 25.1 Å². The molecule has 1 aliphatic carbocycles. The quantitative estimate of drug-likeness (QED) is 0.645. The zero-order chi connectivity index (χ0) is 14.5. The molecule has 20 heavy (non-hydrogen) atoms. The van der Waals surface area contributed by atoms with Crippen LogP contribution in [0.5, 0.6) is 0 Å². The zero-order valence-electron chi connectivity index (χ0n) is 11.8. The van der Waals surface area contributed by atoms with Crippen molar-refractivity contribution in [2.45, 2.75) is 37.6 Å².